The van der Waals surface area contributed by atoms with Gasteiger partial charge in [-0.15, -0.1) is 6.42 Å². The van der Waals surface area contributed by atoms with Crippen molar-refractivity contribution in [3.8, 4) is 12.3 Å². The summed E-state index contributed by atoms with van der Waals surface area (Å²) in [7, 11) is 1.92. The van der Waals surface area contributed by atoms with E-state index in [-0.39, 0.29) is 6.04 Å². The molecule has 1 heterocycles. The van der Waals surface area contributed by atoms with Crippen molar-refractivity contribution in [1.29, 1.82) is 0 Å². The largest absolute Gasteiger partial charge is 0.300 e. The van der Waals surface area contributed by atoms with Crippen LogP contribution in [0.25, 0.3) is 0 Å². The lowest BCUT2D eigenvalue weighted by molar-refractivity contribution is 0.622. The minimum Gasteiger partial charge on any atom is -0.300 e. The number of nitrogens with zero attached hydrogens (tertiary/aromatic N) is 2. The van der Waals surface area contributed by atoms with Crippen LogP contribution in [0.2, 0.25) is 0 Å². The first-order valence-electron chi connectivity index (χ1n) is 4.88. The van der Waals surface area contributed by atoms with Crippen molar-refractivity contribution in [1.82, 2.24) is 15.1 Å². The Labute approximate surface area is 85.5 Å². The van der Waals surface area contributed by atoms with E-state index in [0.29, 0.717) is 0 Å². The van der Waals surface area contributed by atoms with Gasteiger partial charge in [-0.1, -0.05) is 12.8 Å². The molecule has 1 N–H and O–H groups in total. The van der Waals surface area contributed by atoms with Crippen LogP contribution in [0.3, 0.4) is 0 Å². The molecule has 0 saturated heterocycles. The quantitative estimate of drug-likeness (QED) is 0.729. The summed E-state index contributed by atoms with van der Waals surface area (Å²) in [4.78, 5) is 0. The normalized spacial score (nSPS) is 12.4. The first-order chi connectivity index (χ1) is 6.70. The fourth-order valence-corrected chi connectivity index (χ4v) is 1.35. The average Bonchev–Trinajstić information content (AvgIpc) is 2.51. The van der Waals surface area contributed by atoms with E-state index in [2.05, 4.69) is 23.3 Å². The molecule has 1 atom stereocenters. The Kier molecular flexibility index (Phi) is 3.73. The number of nitrogens with one attached hydrogen (secondary N) is 1. The Morgan fingerprint density at radius 1 is 1.71 bits per heavy atom. The van der Waals surface area contributed by atoms with Crippen LogP contribution in [0.15, 0.2) is 6.20 Å². The van der Waals surface area contributed by atoms with Crippen molar-refractivity contribution in [2.24, 2.45) is 7.05 Å². The third kappa shape index (κ3) is 2.15. The molecule has 1 aromatic heterocycles. The van der Waals surface area contributed by atoms with Gasteiger partial charge in [0.2, 0.25) is 0 Å². The van der Waals surface area contributed by atoms with Crippen molar-refractivity contribution in [2.45, 2.75) is 26.3 Å². The third-order valence-electron chi connectivity index (χ3n) is 2.35. The van der Waals surface area contributed by atoms with Crippen LogP contribution < -0.4 is 5.32 Å². The summed E-state index contributed by atoms with van der Waals surface area (Å²) in [5.41, 5.74) is 2.22. The fraction of sp³-hybridized carbons (Fsp3) is 0.545. The van der Waals surface area contributed by atoms with E-state index in [9.17, 15) is 0 Å². The predicted molar refractivity (Wildman–Crippen MR) is 57.8 cm³/mol. The molecule has 0 radical (unpaired) electrons. The standard InChI is InChI=1S/C11H17N3/c1-5-7-12-11(6-2)10-8-13-14(4)9(10)3/h2,8,11-12H,5,7H2,1,3-4H3. The van der Waals surface area contributed by atoms with E-state index in [0.717, 1.165) is 24.2 Å². The molecule has 0 spiro atoms. The van der Waals surface area contributed by atoms with E-state index in [1.807, 2.05) is 24.9 Å². The molecule has 0 amide bonds. The van der Waals surface area contributed by atoms with Crippen molar-refractivity contribution in [3.63, 3.8) is 0 Å². The Balaban J connectivity index is 2.80. The van der Waals surface area contributed by atoms with Gasteiger partial charge in [0.05, 0.1) is 12.2 Å². The maximum Gasteiger partial charge on any atom is 0.0976 e. The highest BCUT2D eigenvalue weighted by atomic mass is 15.3. The Morgan fingerprint density at radius 3 is 2.86 bits per heavy atom. The maximum absolute atomic E-state index is 5.47. The van der Waals surface area contributed by atoms with Gasteiger partial charge in [0.1, 0.15) is 0 Å². The minimum absolute atomic E-state index is 0.0105. The summed E-state index contributed by atoms with van der Waals surface area (Å²) in [6.45, 7) is 5.08. The summed E-state index contributed by atoms with van der Waals surface area (Å²) in [6, 6.07) is -0.0105. The van der Waals surface area contributed by atoms with Gasteiger partial charge in [0, 0.05) is 18.3 Å². The zero-order valence-corrected chi connectivity index (χ0v) is 9.04. The molecule has 3 heteroatoms. The number of rotatable bonds is 4. The number of terminal acetylenes is 1. The van der Waals surface area contributed by atoms with Crippen molar-refractivity contribution in [3.05, 3.63) is 17.5 Å². The van der Waals surface area contributed by atoms with Crippen molar-refractivity contribution in [2.75, 3.05) is 6.54 Å². The Morgan fingerprint density at radius 2 is 2.43 bits per heavy atom. The van der Waals surface area contributed by atoms with Gasteiger partial charge in [-0.2, -0.15) is 5.10 Å². The summed E-state index contributed by atoms with van der Waals surface area (Å²) in [5.74, 6) is 2.74. The molecule has 0 aliphatic carbocycles. The average molecular weight is 191 g/mol. The number of aromatic nitrogens is 2. The molecular formula is C11H17N3. The second kappa shape index (κ2) is 4.83. The molecule has 1 rings (SSSR count). The second-order valence-electron chi connectivity index (χ2n) is 3.36. The van der Waals surface area contributed by atoms with Gasteiger partial charge >= 0.3 is 0 Å². The van der Waals surface area contributed by atoms with Crippen molar-refractivity contribution < 1.29 is 0 Å². The molecule has 0 bridgehead atoms. The molecule has 0 aliphatic heterocycles. The lowest BCUT2D eigenvalue weighted by Gasteiger charge is -2.11. The highest BCUT2D eigenvalue weighted by Gasteiger charge is 2.12. The molecule has 0 fully saturated rings. The zero-order chi connectivity index (χ0) is 10.6. The molecule has 76 valence electrons. The smallest absolute Gasteiger partial charge is 0.0976 e. The molecular weight excluding hydrogens is 174 g/mol. The van der Waals surface area contributed by atoms with Crippen LogP contribution >= 0.6 is 0 Å². The lowest BCUT2D eigenvalue weighted by Crippen LogP contribution is -2.21. The highest BCUT2D eigenvalue weighted by molar-refractivity contribution is 5.27. The van der Waals surface area contributed by atoms with Crippen LogP contribution in [0.5, 0.6) is 0 Å². The Bertz CT molecular complexity index is 333. The maximum atomic E-state index is 5.47. The lowest BCUT2D eigenvalue weighted by atomic mass is 10.1. The molecule has 14 heavy (non-hydrogen) atoms. The Hall–Kier alpha value is -1.27. The number of aryl methyl sites for hydroxylation is 1. The molecule has 0 aliphatic rings. The number of hydrogen-bond acceptors (Lipinski definition) is 2. The molecule has 1 aromatic rings. The monoisotopic (exact) mass is 191 g/mol. The molecule has 0 aromatic carbocycles. The summed E-state index contributed by atoms with van der Waals surface area (Å²) in [6.07, 6.45) is 8.39. The van der Waals surface area contributed by atoms with Gasteiger partial charge in [-0.05, 0) is 19.9 Å². The van der Waals surface area contributed by atoms with Crippen LogP contribution in [0.4, 0.5) is 0 Å². The summed E-state index contributed by atoms with van der Waals surface area (Å²) in [5, 5.41) is 7.47. The van der Waals surface area contributed by atoms with E-state index >= 15 is 0 Å². The first-order valence-corrected chi connectivity index (χ1v) is 4.88. The van der Waals surface area contributed by atoms with E-state index in [1.165, 1.54) is 0 Å². The highest BCUT2D eigenvalue weighted by Crippen LogP contribution is 2.15. The molecule has 1 unspecified atom stereocenters. The third-order valence-corrected chi connectivity index (χ3v) is 2.35. The van der Waals surface area contributed by atoms with Crippen LogP contribution in [-0.4, -0.2) is 16.3 Å². The summed E-state index contributed by atoms with van der Waals surface area (Å²) < 4.78 is 1.84. The van der Waals surface area contributed by atoms with E-state index < -0.39 is 0 Å². The summed E-state index contributed by atoms with van der Waals surface area (Å²) >= 11 is 0. The van der Waals surface area contributed by atoms with Gasteiger partial charge in [-0.3, -0.25) is 10.00 Å². The van der Waals surface area contributed by atoms with E-state index in [1.54, 1.807) is 0 Å². The topological polar surface area (TPSA) is 29.9 Å². The van der Waals surface area contributed by atoms with Crippen LogP contribution in [-0.2, 0) is 7.05 Å². The SMILES string of the molecule is C#CC(NCCC)c1cnn(C)c1C. The van der Waals surface area contributed by atoms with Crippen LogP contribution in [0.1, 0.15) is 30.6 Å². The minimum atomic E-state index is -0.0105. The van der Waals surface area contributed by atoms with Crippen LogP contribution in [0, 0.1) is 19.3 Å². The van der Waals surface area contributed by atoms with Gasteiger partial charge < -0.3 is 0 Å². The fourth-order valence-electron chi connectivity index (χ4n) is 1.35. The van der Waals surface area contributed by atoms with Crippen molar-refractivity contribution >= 4 is 0 Å². The van der Waals surface area contributed by atoms with Gasteiger partial charge in [0.15, 0.2) is 0 Å². The van der Waals surface area contributed by atoms with Gasteiger partial charge in [0.25, 0.3) is 0 Å². The number of hydrogen-bond donors (Lipinski definition) is 1. The molecule has 3 nitrogen and oxygen atoms in total. The van der Waals surface area contributed by atoms with E-state index in [4.69, 9.17) is 6.42 Å². The van der Waals surface area contributed by atoms with Gasteiger partial charge in [-0.25, -0.2) is 0 Å². The first kappa shape index (κ1) is 10.8. The zero-order valence-electron chi connectivity index (χ0n) is 9.04. The molecule has 0 saturated carbocycles. The second-order valence-corrected chi connectivity index (χ2v) is 3.36. The predicted octanol–water partition coefficient (Wildman–Crippen LogP) is 1.40.